The van der Waals surface area contributed by atoms with Gasteiger partial charge < -0.3 is 10.1 Å². The van der Waals surface area contributed by atoms with E-state index in [2.05, 4.69) is 29.8 Å². The highest BCUT2D eigenvalue weighted by Gasteiger charge is 2.43. The Morgan fingerprint density at radius 3 is 2.82 bits per heavy atom. The van der Waals surface area contributed by atoms with E-state index < -0.39 is 0 Å². The third kappa shape index (κ3) is 2.90. The monoisotopic (exact) mass is 253 g/mol. The number of nitrogens with one attached hydrogen (secondary N) is 1. The van der Waals surface area contributed by atoms with Crippen LogP contribution in [-0.2, 0) is 11.2 Å². The molecule has 0 amide bonds. The molecule has 1 heterocycles. The quantitative estimate of drug-likeness (QED) is 0.805. The SMILES string of the molecule is CCNC(CCc1cccs1)C1(OC)CCC1. The predicted molar refractivity (Wildman–Crippen MR) is 73.7 cm³/mol. The second-order valence-corrected chi connectivity index (χ2v) is 5.88. The van der Waals surface area contributed by atoms with Gasteiger partial charge in [-0.2, -0.15) is 0 Å². The summed E-state index contributed by atoms with van der Waals surface area (Å²) in [5.74, 6) is 0. The van der Waals surface area contributed by atoms with Gasteiger partial charge in [0.05, 0.1) is 5.60 Å². The topological polar surface area (TPSA) is 21.3 Å². The molecule has 3 heteroatoms. The largest absolute Gasteiger partial charge is 0.377 e. The van der Waals surface area contributed by atoms with Crippen molar-refractivity contribution in [1.82, 2.24) is 5.32 Å². The Bertz CT molecular complexity index is 313. The second kappa shape index (κ2) is 5.98. The maximum atomic E-state index is 5.80. The summed E-state index contributed by atoms with van der Waals surface area (Å²) in [6.45, 7) is 3.21. The fourth-order valence-corrected chi connectivity index (χ4v) is 3.48. The molecule has 0 spiro atoms. The van der Waals surface area contributed by atoms with Crippen molar-refractivity contribution in [3.63, 3.8) is 0 Å². The van der Waals surface area contributed by atoms with E-state index in [1.54, 1.807) is 0 Å². The second-order valence-electron chi connectivity index (χ2n) is 4.85. The van der Waals surface area contributed by atoms with Gasteiger partial charge in [0.1, 0.15) is 0 Å². The number of hydrogen-bond acceptors (Lipinski definition) is 3. The van der Waals surface area contributed by atoms with E-state index in [-0.39, 0.29) is 5.60 Å². The third-order valence-corrected chi connectivity index (χ3v) is 4.89. The molecule has 2 rings (SSSR count). The maximum Gasteiger partial charge on any atom is 0.0831 e. The van der Waals surface area contributed by atoms with Gasteiger partial charge in [-0.3, -0.25) is 0 Å². The highest BCUT2D eigenvalue weighted by Crippen LogP contribution is 2.39. The molecule has 1 atom stereocenters. The zero-order valence-electron chi connectivity index (χ0n) is 10.9. The molecular weight excluding hydrogens is 230 g/mol. The Balaban J connectivity index is 1.92. The molecule has 1 unspecified atom stereocenters. The molecule has 17 heavy (non-hydrogen) atoms. The Morgan fingerprint density at radius 1 is 1.53 bits per heavy atom. The van der Waals surface area contributed by atoms with Gasteiger partial charge in [-0.15, -0.1) is 11.3 Å². The van der Waals surface area contributed by atoms with Crippen LogP contribution in [0.1, 0.15) is 37.5 Å². The molecule has 1 aliphatic carbocycles. The zero-order chi connectivity index (χ0) is 12.1. The average Bonchev–Trinajstić information content (AvgIpc) is 2.78. The van der Waals surface area contributed by atoms with Crippen LogP contribution >= 0.6 is 11.3 Å². The van der Waals surface area contributed by atoms with Crippen molar-refractivity contribution in [3.8, 4) is 0 Å². The minimum atomic E-state index is 0.118. The van der Waals surface area contributed by atoms with Crippen molar-refractivity contribution < 1.29 is 4.74 Å². The van der Waals surface area contributed by atoms with Crippen LogP contribution in [0.25, 0.3) is 0 Å². The van der Waals surface area contributed by atoms with E-state index >= 15 is 0 Å². The normalized spacial score (nSPS) is 19.9. The van der Waals surface area contributed by atoms with Crippen LogP contribution in [0.3, 0.4) is 0 Å². The van der Waals surface area contributed by atoms with Gasteiger partial charge in [0.25, 0.3) is 0 Å². The van der Waals surface area contributed by atoms with Crippen molar-refractivity contribution in [1.29, 1.82) is 0 Å². The zero-order valence-corrected chi connectivity index (χ0v) is 11.7. The molecule has 96 valence electrons. The summed E-state index contributed by atoms with van der Waals surface area (Å²) in [7, 11) is 1.87. The van der Waals surface area contributed by atoms with Gasteiger partial charge >= 0.3 is 0 Å². The molecule has 0 bridgehead atoms. The van der Waals surface area contributed by atoms with Gasteiger partial charge in [-0.05, 0) is 50.1 Å². The lowest BCUT2D eigenvalue weighted by atomic mass is 9.73. The Hall–Kier alpha value is -0.380. The van der Waals surface area contributed by atoms with E-state index in [1.165, 1.54) is 37.0 Å². The lowest BCUT2D eigenvalue weighted by molar-refractivity contribution is -0.0995. The molecule has 2 nitrogen and oxygen atoms in total. The summed E-state index contributed by atoms with van der Waals surface area (Å²) in [6, 6.07) is 4.87. The van der Waals surface area contributed by atoms with Crippen LogP contribution in [0, 0.1) is 0 Å². The van der Waals surface area contributed by atoms with Crippen molar-refractivity contribution >= 4 is 11.3 Å². The number of aryl methyl sites for hydroxylation is 1. The van der Waals surface area contributed by atoms with Crippen molar-refractivity contribution in [2.45, 2.75) is 50.7 Å². The molecule has 1 saturated carbocycles. The fraction of sp³-hybridized carbons (Fsp3) is 0.714. The number of ether oxygens (including phenoxy) is 1. The van der Waals surface area contributed by atoms with E-state index in [9.17, 15) is 0 Å². The molecule has 1 aliphatic rings. The van der Waals surface area contributed by atoms with Gasteiger partial charge in [-0.1, -0.05) is 13.0 Å². The van der Waals surface area contributed by atoms with Crippen LogP contribution in [-0.4, -0.2) is 25.3 Å². The molecule has 1 fully saturated rings. The lowest BCUT2D eigenvalue weighted by Crippen LogP contribution is -2.56. The van der Waals surface area contributed by atoms with Gasteiger partial charge in [0.2, 0.25) is 0 Å². The molecule has 1 N–H and O–H groups in total. The number of rotatable bonds is 7. The average molecular weight is 253 g/mol. The molecule has 1 aromatic rings. The lowest BCUT2D eigenvalue weighted by Gasteiger charge is -2.47. The molecule has 0 radical (unpaired) electrons. The summed E-state index contributed by atoms with van der Waals surface area (Å²) < 4.78 is 5.80. The van der Waals surface area contributed by atoms with Crippen LogP contribution < -0.4 is 5.32 Å². The Morgan fingerprint density at radius 2 is 2.35 bits per heavy atom. The minimum Gasteiger partial charge on any atom is -0.377 e. The Kier molecular flexibility index (Phi) is 4.60. The van der Waals surface area contributed by atoms with E-state index in [0.717, 1.165) is 6.54 Å². The first-order valence-corrected chi connectivity index (χ1v) is 7.49. The molecular formula is C14H23NOS. The van der Waals surface area contributed by atoms with Gasteiger partial charge in [-0.25, -0.2) is 0 Å². The first kappa shape index (κ1) is 13.1. The smallest absolute Gasteiger partial charge is 0.0831 e. The van der Waals surface area contributed by atoms with Crippen molar-refractivity contribution in [2.24, 2.45) is 0 Å². The summed E-state index contributed by atoms with van der Waals surface area (Å²) in [4.78, 5) is 1.48. The van der Waals surface area contributed by atoms with Crippen LogP contribution in [0.4, 0.5) is 0 Å². The molecule has 0 saturated heterocycles. The standard InChI is InChI=1S/C14H23NOS/c1-3-15-13(14(16-2)9-5-10-14)8-7-12-6-4-11-17-12/h4,6,11,13,15H,3,5,7-10H2,1-2H3. The molecule has 0 aliphatic heterocycles. The fourth-order valence-electron chi connectivity index (χ4n) is 2.76. The highest BCUT2D eigenvalue weighted by atomic mass is 32.1. The maximum absolute atomic E-state index is 5.80. The van der Waals surface area contributed by atoms with Crippen LogP contribution in [0.5, 0.6) is 0 Å². The summed E-state index contributed by atoms with van der Waals surface area (Å²) in [5, 5.41) is 5.78. The van der Waals surface area contributed by atoms with Gasteiger partial charge in [0.15, 0.2) is 0 Å². The van der Waals surface area contributed by atoms with E-state index in [0.29, 0.717) is 6.04 Å². The molecule has 1 aromatic heterocycles. The van der Waals surface area contributed by atoms with Crippen LogP contribution in [0.2, 0.25) is 0 Å². The van der Waals surface area contributed by atoms with Crippen LogP contribution in [0.15, 0.2) is 17.5 Å². The summed E-state index contributed by atoms with van der Waals surface area (Å²) >= 11 is 1.86. The summed E-state index contributed by atoms with van der Waals surface area (Å²) in [5.41, 5.74) is 0.118. The van der Waals surface area contributed by atoms with Gasteiger partial charge in [0, 0.05) is 18.0 Å². The predicted octanol–water partition coefficient (Wildman–Crippen LogP) is 3.23. The first-order chi connectivity index (χ1) is 8.30. The summed E-state index contributed by atoms with van der Waals surface area (Å²) in [6.07, 6.45) is 6.09. The number of likely N-dealkylation sites (N-methyl/N-ethyl adjacent to an activating group) is 1. The highest BCUT2D eigenvalue weighted by molar-refractivity contribution is 7.09. The van der Waals surface area contributed by atoms with Crippen molar-refractivity contribution in [2.75, 3.05) is 13.7 Å². The number of hydrogen-bond donors (Lipinski definition) is 1. The molecule has 0 aromatic carbocycles. The minimum absolute atomic E-state index is 0.118. The first-order valence-electron chi connectivity index (χ1n) is 6.61. The van der Waals surface area contributed by atoms with E-state index in [4.69, 9.17) is 4.74 Å². The van der Waals surface area contributed by atoms with E-state index in [1.807, 2.05) is 18.4 Å². The number of methoxy groups -OCH3 is 1. The Labute approximate surface area is 108 Å². The third-order valence-electron chi connectivity index (χ3n) is 3.95. The van der Waals surface area contributed by atoms with Crippen molar-refractivity contribution in [3.05, 3.63) is 22.4 Å². The number of thiophene rings is 1.